The van der Waals surface area contributed by atoms with Crippen LogP contribution in [0.5, 0.6) is 0 Å². The lowest BCUT2D eigenvalue weighted by atomic mass is 9.97. The average Bonchev–Trinajstić information content (AvgIpc) is 2.91. The summed E-state index contributed by atoms with van der Waals surface area (Å²) in [6.45, 7) is 4.39. The first-order valence-corrected chi connectivity index (χ1v) is 7.82. The molecule has 2 rings (SSSR count). The van der Waals surface area contributed by atoms with Crippen molar-refractivity contribution in [2.75, 3.05) is 13.1 Å². The Kier molecular flexibility index (Phi) is 9.10. The van der Waals surface area contributed by atoms with Crippen molar-refractivity contribution in [2.24, 2.45) is 12.0 Å². The number of halogens is 1. The van der Waals surface area contributed by atoms with E-state index in [1.165, 1.54) is 25.7 Å². The summed E-state index contributed by atoms with van der Waals surface area (Å²) in [6.07, 6.45) is 10.4. The van der Waals surface area contributed by atoms with Crippen molar-refractivity contribution >= 4 is 29.9 Å². The van der Waals surface area contributed by atoms with E-state index in [1.807, 2.05) is 11.6 Å². The van der Waals surface area contributed by atoms with Crippen LogP contribution in [0.15, 0.2) is 23.0 Å². The molecule has 1 aromatic heterocycles. The van der Waals surface area contributed by atoms with Crippen LogP contribution in [0.3, 0.4) is 0 Å². The van der Waals surface area contributed by atoms with Crippen molar-refractivity contribution in [3.05, 3.63) is 23.8 Å². The van der Waals surface area contributed by atoms with Gasteiger partial charge in [-0.25, -0.2) is 4.99 Å². The topological polar surface area (TPSA) is 67.1 Å². The van der Waals surface area contributed by atoms with Gasteiger partial charge in [0.05, 0.1) is 0 Å². The Morgan fingerprint density at radius 2 is 2.23 bits per heavy atom. The number of guanidine groups is 1. The first kappa shape index (κ1) is 18.9. The Hall–Kier alpha value is -1.12. The lowest BCUT2D eigenvalue weighted by molar-refractivity contribution is 0.665. The number of hydrogen-bond donors (Lipinski definition) is 2. The van der Waals surface area contributed by atoms with Crippen LogP contribution in [0, 0.1) is 0 Å². The number of nitrogens with one attached hydrogen (secondary N) is 2. The molecule has 0 unspecified atom stereocenters. The molecule has 7 heteroatoms. The largest absolute Gasteiger partial charge is 0.357 e. The molecule has 2 N–H and O–H groups in total. The molecule has 0 atom stereocenters. The minimum absolute atomic E-state index is 0. The van der Waals surface area contributed by atoms with Crippen LogP contribution in [0.2, 0.25) is 0 Å². The van der Waals surface area contributed by atoms with Crippen molar-refractivity contribution in [2.45, 2.75) is 45.6 Å². The molecule has 1 aromatic rings. The third-order valence-corrected chi connectivity index (χ3v) is 3.65. The van der Waals surface area contributed by atoms with E-state index in [4.69, 9.17) is 0 Å². The molecule has 22 heavy (non-hydrogen) atoms. The third-order valence-electron chi connectivity index (χ3n) is 3.65. The molecule has 0 aromatic carbocycles. The number of allylic oxidation sites excluding steroid dienone is 1. The first-order chi connectivity index (χ1) is 10.3. The predicted octanol–water partition coefficient (Wildman–Crippen LogP) is 2.38. The average molecular weight is 418 g/mol. The van der Waals surface area contributed by atoms with E-state index in [0.29, 0.717) is 6.54 Å². The lowest BCUT2D eigenvalue weighted by Gasteiger charge is -2.15. The molecule has 0 aliphatic heterocycles. The molecule has 0 fully saturated rings. The van der Waals surface area contributed by atoms with Gasteiger partial charge in [0.15, 0.2) is 11.8 Å². The second kappa shape index (κ2) is 10.6. The highest BCUT2D eigenvalue weighted by atomic mass is 127. The van der Waals surface area contributed by atoms with Crippen LogP contribution in [-0.4, -0.2) is 33.8 Å². The third kappa shape index (κ3) is 6.33. The van der Waals surface area contributed by atoms with E-state index in [0.717, 1.165) is 31.3 Å². The molecule has 0 radical (unpaired) electrons. The molecule has 0 bridgehead atoms. The monoisotopic (exact) mass is 418 g/mol. The van der Waals surface area contributed by atoms with Gasteiger partial charge in [0.25, 0.3) is 0 Å². The maximum Gasteiger partial charge on any atom is 0.191 e. The fourth-order valence-corrected chi connectivity index (χ4v) is 2.41. The predicted molar refractivity (Wildman–Crippen MR) is 100 cm³/mol. The lowest BCUT2D eigenvalue weighted by Crippen LogP contribution is -2.38. The van der Waals surface area contributed by atoms with Gasteiger partial charge < -0.3 is 15.2 Å². The fourth-order valence-electron chi connectivity index (χ4n) is 2.41. The maximum absolute atomic E-state index is 4.55. The number of rotatable bonds is 6. The van der Waals surface area contributed by atoms with Gasteiger partial charge in [-0.15, -0.1) is 34.2 Å². The van der Waals surface area contributed by atoms with Gasteiger partial charge in [-0.2, -0.15) is 0 Å². The highest BCUT2D eigenvalue weighted by Crippen LogP contribution is 2.19. The summed E-state index contributed by atoms with van der Waals surface area (Å²) < 4.78 is 1.89. The van der Waals surface area contributed by atoms with Crippen molar-refractivity contribution in [1.82, 2.24) is 25.4 Å². The number of nitrogens with zero attached hydrogens (tertiary/aromatic N) is 4. The van der Waals surface area contributed by atoms with Crippen LogP contribution in [0.1, 0.15) is 44.9 Å². The summed E-state index contributed by atoms with van der Waals surface area (Å²) >= 11 is 0. The number of hydrogen-bond acceptors (Lipinski definition) is 3. The Morgan fingerprint density at radius 1 is 1.36 bits per heavy atom. The molecular weight excluding hydrogens is 391 g/mol. The zero-order valence-electron chi connectivity index (χ0n) is 13.5. The summed E-state index contributed by atoms with van der Waals surface area (Å²) in [5.74, 6) is 1.71. The summed E-state index contributed by atoms with van der Waals surface area (Å²) in [6, 6.07) is 0. The van der Waals surface area contributed by atoms with Crippen molar-refractivity contribution < 1.29 is 0 Å². The van der Waals surface area contributed by atoms with Gasteiger partial charge in [0.2, 0.25) is 0 Å². The molecule has 0 spiro atoms. The first-order valence-electron chi connectivity index (χ1n) is 7.82. The minimum atomic E-state index is 0. The van der Waals surface area contributed by atoms with E-state index < -0.39 is 0 Å². The van der Waals surface area contributed by atoms with E-state index in [2.05, 4.69) is 38.8 Å². The van der Waals surface area contributed by atoms with Crippen LogP contribution in [0.25, 0.3) is 0 Å². The van der Waals surface area contributed by atoms with Crippen LogP contribution in [0.4, 0.5) is 0 Å². The Bertz CT molecular complexity index is 494. The normalized spacial score (nSPS) is 15.0. The van der Waals surface area contributed by atoms with Crippen LogP contribution >= 0.6 is 24.0 Å². The Labute approximate surface area is 149 Å². The Morgan fingerprint density at radius 3 is 2.86 bits per heavy atom. The molecule has 0 saturated carbocycles. The summed E-state index contributed by atoms with van der Waals surface area (Å²) in [5, 5.41) is 14.6. The van der Waals surface area contributed by atoms with Gasteiger partial charge in [0, 0.05) is 20.1 Å². The quantitative estimate of drug-likeness (QED) is 0.322. The molecule has 1 aliphatic carbocycles. The molecule has 0 saturated heterocycles. The molecule has 1 aliphatic rings. The van der Waals surface area contributed by atoms with E-state index in [9.17, 15) is 0 Å². The zero-order chi connectivity index (χ0) is 14.9. The van der Waals surface area contributed by atoms with Gasteiger partial charge in [-0.1, -0.05) is 11.6 Å². The van der Waals surface area contributed by atoms with Crippen LogP contribution < -0.4 is 10.6 Å². The molecule has 0 amide bonds. The summed E-state index contributed by atoms with van der Waals surface area (Å²) in [5.41, 5.74) is 1.58. The van der Waals surface area contributed by atoms with E-state index >= 15 is 0 Å². The van der Waals surface area contributed by atoms with Gasteiger partial charge in [-0.3, -0.25) is 0 Å². The van der Waals surface area contributed by atoms with E-state index in [-0.39, 0.29) is 24.0 Å². The van der Waals surface area contributed by atoms with Gasteiger partial charge in [0.1, 0.15) is 12.9 Å². The molecule has 124 valence electrons. The van der Waals surface area contributed by atoms with E-state index in [1.54, 1.807) is 11.9 Å². The smallest absolute Gasteiger partial charge is 0.191 e. The van der Waals surface area contributed by atoms with Crippen molar-refractivity contribution in [3.63, 3.8) is 0 Å². The van der Waals surface area contributed by atoms with Gasteiger partial charge in [-0.05, 0) is 39.0 Å². The number of aryl methyl sites for hydroxylation is 1. The SMILES string of the molecule is CCNC(=NCc1nncn1C)NCCC1=CCCCC1.I. The number of aromatic nitrogens is 3. The molecule has 1 heterocycles. The summed E-state index contributed by atoms with van der Waals surface area (Å²) in [4.78, 5) is 4.55. The van der Waals surface area contributed by atoms with Gasteiger partial charge >= 0.3 is 0 Å². The summed E-state index contributed by atoms with van der Waals surface area (Å²) in [7, 11) is 1.93. The molecular formula is C15H27IN6. The minimum Gasteiger partial charge on any atom is -0.357 e. The van der Waals surface area contributed by atoms with Crippen molar-refractivity contribution in [1.29, 1.82) is 0 Å². The maximum atomic E-state index is 4.55. The number of aliphatic imine (C=N–C) groups is 1. The highest BCUT2D eigenvalue weighted by Gasteiger charge is 2.05. The highest BCUT2D eigenvalue weighted by molar-refractivity contribution is 14.0. The van der Waals surface area contributed by atoms with Crippen LogP contribution in [-0.2, 0) is 13.6 Å². The zero-order valence-corrected chi connectivity index (χ0v) is 15.8. The second-order valence-electron chi connectivity index (χ2n) is 5.34. The fraction of sp³-hybridized carbons (Fsp3) is 0.667. The van der Waals surface area contributed by atoms with Crippen molar-refractivity contribution in [3.8, 4) is 0 Å². The standard InChI is InChI=1S/C15H26N6.HI/c1-3-16-15(18-11-14-20-19-12-21(14)2)17-10-9-13-7-5-4-6-8-13;/h7,12H,3-6,8-11H2,1-2H3,(H2,16,17,18);1H. The molecule has 6 nitrogen and oxygen atoms in total. The Balaban J connectivity index is 0.00000242. The second-order valence-corrected chi connectivity index (χ2v) is 5.34.